The molecular formula is C9H16O4. The molecule has 0 radical (unpaired) electrons. The molecule has 2 fully saturated rings. The molecule has 1 N–H and O–H groups in total. The lowest BCUT2D eigenvalue weighted by atomic mass is 10.1. The van der Waals surface area contributed by atoms with Crippen molar-refractivity contribution in [1.29, 1.82) is 0 Å². The molecule has 1 heterocycles. The highest BCUT2D eigenvalue weighted by Gasteiger charge is 2.42. The van der Waals surface area contributed by atoms with Crippen LogP contribution in [-0.2, 0) is 14.2 Å². The first kappa shape index (κ1) is 9.40. The summed E-state index contributed by atoms with van der Waals surface area (Å²) in [5.41, 5.74) is 0.0681. The summed E-state index contributed by atoms with van der Waals surface area (Å²) < 4.78 is 15.8. The van der Waals surface area contributed by atoms with Gasteiger partial charge < -0.3 is 19.3 Å². The van der Waals surface area contributed by atoms with Gasteiger partial charge in [-0.25, -0.2) is 0 Å². The Kier molecular flexibility index (Phi) is 2.83. The van der Waals surface area contributed by atoms with E-state index < -0.39 is 0 Å². The van der Waals surface area contributed by atoms with E-state index in [1.54, 1.807) is 0 Å². The summed E-state index contributed by atoms with van der Waals surface area (Å²) in [6, 6.07) is 0. The fraction of sp³-hybridized carbons (Fsp3) is 1.00. The average Bonchev–Trinajstić information content (AvgIpc) is 2.74. The second-order valence-corrected chi connectivity index (χ2v) is 3.84. The number of hydrogen-bond acceptors (Lipinski definition) is 4. The molecule has 4 heteroatoms. The molecular weight excluding hydrogens is 172 g/mol. The average molecular weight is 188 g/mol. The first-order valence-electron chi connectivity index (χ1n) is 4.76. The highest BCUT2D eigenvalue weighted by atomic mass is 16.7. The number of rotatable bonds is 5. The van der Waals surface area contributed by atoms with Crippen LogP contribution in [0.5, 0.6) is 0 Å². The molecule has 13 heavy (non-hydrogen) atoms. The van der Waals surface area contributed by atoms with Crippen LogP contribution < -0.4 is 0 Å². The van der Waals surface area contributed by atoms with Gasteiger partial charge in [0.05, 0.1) is 33.0 Å². The minimum absolute atomic E-state index is 0.0681. The molecule has 0 bridgehead atoms. The second-order valence-electron chi connectivity index (χ2n) is 3.84. The summed E-state index contributed by atoms with van der Waals surface area (Å²) in [6.07, 6.45) is 1.97. The molecule has 0 spiro atoms. The van der Waals surface area contributed by atoms with E-state index in [4.69, 9.17) is 19.3 Å². The lowest BCUT2D eigenvalue weighted by molar-refractivity contribution is -0.102. The van der Waals surface area contributed by atoms with Crippen LogP contribution in [0.3, 0.4) is 0 Å². The Hall–Kier alpha value is -0.160. The Balaban J connectivity index is 1.58. The minimum Gasteiger partial charge on any atom is -0.396 e. The molecule has 1 aliphatic heterocycles. The zero-order valence-corrected chi connectivity index (χ0v) is 7.70. The van der Waals surface area contributed by atoms with E-state index in [-0.39, 0.29) is 18.3 Å². The molecule has 4 nitrogen and oxygen atoms in total. The second kappa shape index (κ2) is 3.92. The van der Waals surface area contributed by atoms with E-state index in [1.165, 1.54) is 0 Å². The maximum atomic E-state index is 9.01. The quantitative estimate of drug-likeness (QED) is 0.667. The minimum atomic E-state index is -0.186. The van der Waals surface area contributed by atoms with Gasteiger partial charge in [-0.1, -0.05) is 0 Å². The van der Waals surface area contributed by atoms with Crippen LogP contribution >= 0.6 is 0 Å². The summed E-state index contributed by atoms with van der Waals surface area (Å²) in [6.45, 7) is 2.69. The van der Waals surface area contributed by atoms with Gasteiger partial charge in [0, 0.05) is 5.41 Å². The third-order valence-electron chi connectivity index (χ3n) is 2.65. The van der Waals surface area contributed by atoms with Crippen molar-refractivity contribution in [2.75, 3.05) is 33.0 Å². The van der Waals surface area contributed by atoms with Crippen molar-refractivity contribution in [3.63, 3.8) is 0 Å². The standard InChI is InChI=1S/C9H16O4/c10-6-9(1-2-9)7-11-5-8-12-3-4-13-8/h8,10H,1-7H2. The van der Waals surface area contributed by atoms with Gasteiger partial charge in [-0.15, -0.1) is 0 Å². The first-order chi connectivity index (χ1) is 6.35. The fourth-order valence-corrected chi connectivity index (χ4v) is 1.40. The van der Waals surface area contributed by atoms with Gasteiger partial charge in [0.2, 0.25) is 0 Å². The van der Waals surface area contributed by atoms with Gasteiger partial charge in [-0.3, -0.25) is 0 Å². The zero-order chi connectivity index (χ0) is 9.15. The first-order valence-corrected chi connectivity index (χ1v) is 4.76. The van der Waals surface area contributed by atoms with Crippen molar-refractivity contribution in [2.45, 2.75) is 19.1 Å². The summed E-state index contributed by atoms with van der Waals surface area (Å²) in [4.78, 5) is 0. The Morgan fingerprint density at radius 1 is 1.31 bits per heavy atom. The van der Waals surface area contributed by atoms with Gasteiger partial charge in [0.15, 0.2) is 6.29 Å². The van der Waals surface area contributed by atoms with E-state index in [0.717, 1.165) is 12.8 Å². The summed E-state index contributed by atoms with van der Waals surface area (Å²) in [7, 11) is 0. The Bertz CT molecular complexity index is 161. The van der Waals surface area contributed by atoms with Crippen molar-refractivity contribution < 1.29 is 19.3 Å². The maximum Gasteiger partial charge on any atom is 0.181 e. The molecule has 0 aromatic heterocycles. The molecule has 1 saturated heterocycles. The number of aliphatic hydroxyl groups excluding tert-OH is 1. The molecule has 0 amide bonds. The highest BCUT2D eigenvalue weighted by molar-refractivity contribution is 4.92. The smallest absolute Gasteiger partial charge is 0.181 e. The molecule has 0 aromatic carbocycles. The normalized spacial score (nSPS) is 26.5. The lowest BCUT2D eigenvalue weighted by Gasteiger charge is -2.14. The van der Waals surface area contributed by atoms with E-state index in [2.05, 4.69) is 0 Å². The van der Waals surface area contributed by atoms with Crippen LogP contribution in [0, 0.1) is 5.41 Å². The van der Waals surface area contributed by atoms with E-state index in [1.807, 2.05) is 0 Å². The zero-order valence-electron chi connectivity index (χ0n) is 7.70. The van der Waals surface area contributed by atoms with Crippen molar-refractivity contribution in [3.05, 3.63) is 0 Å². The summed E-state index contributed by atoms with van der Waals surface area (Å²) >= 11 is 0. The van der Waals surface area contributed by atoms with E-state index in [0.29, 0.717) is 26.4 Å². The molecule has 0 aromatic rings. The fourth-order valence-electron chi connectivity index (χ4n) is 1.40. The molecule has 0 unspecified atom stereocenters. The SMILES string of the molecule is OCC1(COCC2OCCO2)CC1. The highest BCUT2D eigenvalue weighted by Crippen LogP contribution is 2.45. The molecule has 0 atom stereocenters. The topological polar surface area (TPSA) is 47.9 Å². The molecule has 1 saturated carbocycles. The van der Waals surface area contributed by atoms with Gasteiger partial charge in [0.1, 0.15) is 0 Å². The monoisotopic (exact) mass is 188 g/mol. The van der Waals surface area contributed by atoms with Crippen LogP contribution in [-0.4, -0.2) is 44.4 Å². The molecule has 76 valence electrons. The largest absolute Gasteiger partial charge is 0.396 e. The van der Waals surface area contributed by atoms with Crippen LogP contribution in [0.4, 0.5) is 0 Å². The van der Waals surface area contributed by atoms with E-state index in [9.17, 15) is 0 Å². The predicted molar refractivity (Wildman–Crippen MR) is 45.3 cm³/mol. The van der Waals surface area contributed by atoms with Crippen LogP contribution in [0.2, 0.25) is 0 Å². The van der Waals surface area contributed by atoms with Gasteiger partial charge in [-0.2, -0.15) is 0 Å². The summed E-state index contributed by atoms with van der Waals surface area (Å²) in [5.74, 6) is 0. The van der Waals surface area contributed by atoms with Crippen LogP contribution in [0.25, 0.3) is 0 Å². The van der Waals surface area contributed by atoms with Crippen LogP contribution in [0.1, 0.15) is 12.8 Å². The van der Waals surface area contributed by atoms with Gasteiger partial charge in [0.25, 0.3) is 0 Å². The Morgan fingerprint density at radius 2 is 2.00 bits per heavy atom. The number of aliphatic hydroxyl groups is 1. The Labute approximate surface area is 77.8 Å². The van der Waals surface area contributed by atoms with Crippen LogP contribution in [0.15, 0.2) is 0 Å². The number of hydrogen-bond donors (Lipinski definition) is 1. The van der Waals surface area contributed by atoms with Crippen molar-refractivity contribution in [3.8, 4) is 0 Å². The molecule has 2 rings (SSSR count). The van der Waals surface area contributed by atoms with Crippen molar-refractivity contribution in [2.24, 2.45) is 5.41 Å². The maximum absolute atomic E-state index is 9.01. The van der Waals surface area contributed by atoms with Gasteiger partial charge >= 0.3 is 0 Å². The third kappa shape index (κ3) is 2.40. The van der Waals surface area contributed by atoms with Crippen molar-refractivity contribution in [1.82, 2.24) is 0 Å². The van der Waals surface area contributed by atoms with E-state index >= 15 is 0 Å². The molecule has 1 aliphatic carbocycles. The summed E-state index contributed by atoms with van der Waals surface area (Å²) in [5, 5.41) is 9.01. The third-order valence-corrected chi connectivity index (χ3v) is 2.65. The van der Waals surface area contributed by atoms with Gasteiger partial charge in [-0.05, 0) is 12.8 Å². The van der Waals surface area contributed by atoms with Crippen molar-refractivity contribution >= 4 is 0 Å². The molecule has 2 aliphatic rings. The predicted octanol–water partition coefficient (Wildman–Crippen LogP) is 0.148. The number of ether oxygens (including phenoxy) is 3. The Morgan fingerprint density at radius 3 is 2.54 bits per heavy atom. The lowest BCUT2D eigenvalue weighted by Crippen LogP contribution is -2.21.